The van der Waals surface area contributed by atoms with Crippen molar-refractivity contribution in [3.05, 3.63) is 47.9 Å². The zero-order chi connectivity index (χ0) is 20.2. The van der Waals surface area contributed by atoms with Gasteiger partial charge in [-0.15, -0.1) is 10.2 Å². The maximum atomic E-state index is 14.0. The van der Waals surface area contributed by atoms with Crippen LogP contribution in [0, 0.1) is 5.82 Å². The molecule has 3 heterocycles. The zero-order valence-corrected chi connectivity index (χ0v) is 16.1. The minimum atomic E-state index is -0.211. The van der Waals surface area contributed by atoms with E-state index in [0.717, 1.165) is 6.41 Å². The number of para-hydroxylation sites is 1. The lowest BCUT2D eigenvalue weighted by Crippen LogP contribution is -2.48. The maximum Gasteiger partial charge on any atom is 0.274 e. The van der Waals surface area contributed by atoms with E-state index in [4.69, 9.17) is 0 Å². The first-order chi connectivity index (χ1) is 14.2. The minimum absolute atomic E-state index is 0.168. The Morgan fingerprint density at radius 2 is 1.55 bits per heavy atom. The lowest BCUT2D eigenvalue weighted by Gasteiger charge is -2.36. The van der Waals surface area contributed by atoms with E-state index in [0.29, 0.717) is 69.6 Å². The minimum Gasteiger partial charge on any atom is -0.366 e. The highest BCUT2D eigenvalue weighted by atomic mass is 19.1. The van der Waals surface area contributed by atoms with Crippen LogP contribution < -0.4 is 9.80 Å². The first-order valence-electron chi connectivity index (χ1n) is 9.72. The molecule has 2 fully saturated rings. The molecule has 4 rings (SSSR count). The molecular weight excluding hydrogens is 375 g/mol. The van der Waals surface area contributed by atoms with E-state index in [2.05, 4.69) is 15.1 Å². The Hall–Kier alpha value is -3.23. The van der Waals surface area contributed by atoms with Gasteiger partial charge in [0.25, 0.3) is 5.91 Å². The molecule has 0 aliphatic carbocycles. The number of carbonyl (C=O) groups is 2. The van der Waals surface area contributed by atoms with Gasteiger partial charge in [-0.3, -0.25) is 9.59 Å². The van der Waals surface area contributed by atoms with E-state index in [9.17, 15) is 14.0 Å². The summed E-state index contributed by atoms with van der Waals surface area (Å²) >= 11 is 0. The van der Waals surface area contributed by atoms with E-state index in [1.165, 1.54) is 6.07 Å². The number of anilines is 2. The summed E-state index contributed by atoms with van der Waals surface area (Å²) in [6.07, 6.45) is 0.808. The van der Waals surface area contributed by atoms with Crippen molar-refractivity contribution in [1.82, 2.24) is 20.0 Å². The molecule has 1 aromatic carbocycles. The summed E-state index contributed by atoms with van der Waals surface area (Å²) in [5, 5.41) is 8.35. The van der Waals surface area contributed by atoms with Crippen LogP contribution in [0.4, 0.5) is 15.9 Å². The molecule has 2 saturated heterocycles. The SMILES string of the molecule is O=CN1CCN(C(=O)c2ccc(N3CCN(c4ccccc4F)CC3)nn2)CC1. The van der Waals surface area contributed by atoms with E-state index in [-0.39, 0.29) is 11.7 Å². The second-order valence-corrected chi connectivity index (χ2v) is 7.14. The third-order valence-corrected chi connectivity index (χ3v) is 5.42. The first-order valence-corrected chi connectivity index (χ1v) is 9.72. The van der Waals surface area contributed by atoms with Gasteiger partial charge < -0.3 is 19.6 Å². The molecule has 2 aliphatic heterocycles. The van der Waals surface area contributed by atoms with Crippen molar-refractivity contribution in [2.45, 2.75) is 0 Å². The van der Waals surface area contributed by atoms with E-state index in [1.54, 1.807) is 34.1 Å². The highest BCUT2D eigenvalue weighted by Crippen LogP contribution is 2.22. The van der Waals surface area contributed by atoms with Crippen LogP contribution in [0.25, 0.3) is 0 Å². The molecule has 0 radical (unpaired) electrons. The predicted octanol–water partition coefficient (Wildman–Crippen LogP) is 0.856. The molecule has 9 heteroatoms. The van der Waals surface area contributed by atoms with Gasteiger partial charge >= 0.3 is 0 Å². The Bertz CT molecular complexity index is 862. The van der Waals surface area contributed by atoms with Crippen molar-refractivity contribution < 1.29 is 14.0 Å². The molecule has 2 aromatic rings. The number of hydrogen-bond donors (Lipinski definition) is 0. The van der Waals surface area contributed by atoms with Gasteiger partial charge in [-0.2, -0.15) is 0 Å². The maximum absolute atomic E-state index is 14.0. The Morgan fingerprint density at radius 1 is 0.862 bits per heavy atom. The monoisotopic (exact) mass is 398 g/mol. The van der Waals surface area contributed by atoms with E-state index < -0.39 is 0 Å². The average molecular weight is 398 g/mol. The molecular formula is C20H23FN6O2. The fourth-order valence-electron chi connectivity index (χ4n) is 3.69. The molecule has 8 nitrogen and oxygen atoms in total. The number of carbonyl (C=O) groups excluding carboxylic acids is 2. The summed E-state index contributed by atoms with van der Waals surface area (Å²) in [5.41, 5.74) is 0.923. The summed E-state index contributed by atoms with van der Waals surface area (Å²) in [6, 6.07) is 10.3. The van der Waals surface area contributed by atoms with E-state index in [1.807, 2.05) is 11.0 Å². The standard InChI is InChI=1S/C20H23FN6O2/c21-16-3-1-2-4-18(16)25-11-13-26(14-12-25)19-6-5-17(22-23-19)20(29)27-9-7-24(15-28)8-10-27/h1-6,15H,7-14H2. The topological polar surface area (TPSA) is 72.9 Å². The molecule has 0 saturated carbocycles. The summed E-state index contributed by atoms with van der Waals surface area (Å²) in [6.45, 7) is 4.83. The number of halogens is 1. The van der Waals surface area contributed by atoms with Crippen molar-refractivity contribution in [3.63, 3.8) is 0 Å². The van der Waals surface area contributed by atoms with Gasteiger partial charge in [-0.25, -0.2) is 4.39 Å². The Kier molecular flexibility index (Phi) is 5.55. The van der Waals surface area contributed by atoms with Crippen LogP contribution in [0.15, 0.2) is 36.4 Å². The number of amides is 2. The number of benzene rings is 1. The van der Waals surface area contributed by atoms with Crippen molar-refractivity contribution in [2.24, 2.45) is 0 Å². The molecule has 0 bridgehead atoms. The molecule has 0 unspecified atom stereocenters. The Balaban J connectivity index is 1.35. The zero-order valence-electron chi connectivity index (χ0n) is 16.1. The number of aromatic nitrogens is 2. The van der Waals surface area contributed by atoms with Crippen molar-refractivity contribution in [3.8, 4) is 0 Å². The molecule has 152 valence electrons. The van der Waals surface area contributed by atoms with Gasteiger partial charge in [0.1, 0.15) is 5.82 Å². The van der Waals surface area contributed by atoms with Gasteiger partial charge in [0, 0.05) is 52.4 Å². The van der Waals surface area contributed by atoms with Crippen LogP contribution in [0.2, 0.25) is 0 Å². The predicted molar refractivity (Wildman–Crippen MR) is 106 cm³/mol. The first kappa shape index (κ1) is 19.1. The van der Waals surface area contributed by atoms with Crippen LogP contribution in [0.3, 0.4) is 0 Å². The molecule has 0 N–H and O–H groups in total. The highest BCUT2D eigenvalue weighted by Gasteiger charge is 2.24. The van der Waals surface area contributed by atoms with Gasteiger partial charge in [0.05, 0.1) is 5.69 Å². The van der Waals surface area contributed by atoms with Crippen molar-refractivity contribution in [2.75, 3.05) is 62.2 Å². The molecule has 29 heavy (non-hydrogen) atoms. The Labute approximate surface area is 168 Å². The largest absolute Gasteiger partial charge is 0.366 e. The smallest absolute Gasteiger partial charge is 0.274 e. The van der Waals surface area contributed by atoms with Crippen LogP contribution in [-0.2, 0) is 4.79 Å². The van der Waals surface area contributed by atoms with Crippen LogP contribution in [0.5, 0.6) is 0 Å². The lowest BCUT2D eigenvalue weighted by molar-refractivity contribution is -0.119. The van der Waals surface area contributed by atoms with Gasteiger partial charge in [-0.1, -0.05) is 12.1 Å². The molecule has 0 atom stereocenters. The number of nitrogens with zero attached hydrogens (tertiary/aromatic N) is 6. The number of piperazine rings is 2. The molecule has 2 aliphatic rings. The highest BCUT2D eigenvalue weighted by molar-refractivity contribution is 5.92. The average Bonchev–Trinajstić information content (AvgIpc) is 2.79. The van der Waals surface area contributed by atoms with Crippen molar-refractivity contribution >= 4 is 23.8 Å². The van der Waals surface area contributed by atoms with Gasteiger partial charge in [-0.05, 0) is 24.3 Å². The summed E-state index contributed by atoms with van der Waals surface area (Å²) < 4.78 is 14.0. The van der Waals surface area contributed by atoms with Crippen molar-refractivity contribution in [1.29, 1.82) is 0 Å². The third kappa shape index (κ3) is 4.13. The third-order valence-electron chi connectivity index (χ3n) is 5.42. The normalized spacial score (nSPS) is 17.4. The van der Waals surface area contributed by atoms with Gasteiger partial charge in [0.2, 0.25) is 6.41 Å². The number of rotatable bonds is 4. The second kappa shape index (κ2) is 8.42. The van der Waals surface area contributed by atoms with E-state index >= 15 is 0 Å². The molecule has 1 aromatic heterocycles. The number of hydrogen-bond acceptors (Lipinski definition) is 6. The van der Waals surface area contributed by atoms with Crippen LogP contribution >= 0.6 is 0 Å². The summed E-state index contributed by atoms with van der Waals surface area (Å²) in [7, 11) is 0. The fourth-order valence-corrected chi connectivity index (χ4v) is 3.69. The van der Waals surface area contributed by atoms with Crippen LogP contribution in [0.1, 0.15) is 10.5 Å². The molecule has 2 amide bonds. The Morgan fingerprint density at radius 3 is 2.17 bits per heavy atom. The summed E-state index contributed by atoms with van der Waals surface area (Å²) in [4.78, 5) is 30.8. The van der Waals surface area contributed by atoms with Gasteiger partial charge in [0.15, 0.2) is 11.5 Å². The van der Waals surface area contributed by atoms with Crippen LogP contribution in [-0.4, -0.2) is 84.7 Å². The fraction of sp³-hybridized carbons (Fsp3) is 0.400. The molecule has 0 spiro atoms. The lowest BCUT2D eigenvalue weighted by atomic mass is 10.2. The second-order valence-electron chi connectivity index (χ2n) is 7.14. The quantitative estimate of drug-likeness (QED) is 0.712. The summed E-state index contributed by atoms with van der Waals surface area (Å²) in [5.74, 6) is 0.331.